The summed E-state index contributed by atoms with van der Waals surface area (Å²) in [5.41, 5.74) is 9.05. The predicted molar refractivity (Wildman–Crippen MR) is 87.4 cm³/mol. The Morgan fingerprint density at radius 3 is 2.74 bits per heavy atom. The Labute approximate surface area is 124 Å². The summed E-state index contributed by atoms with van der Waals surface area (Å²) < 4.78 is 5.27. The zero-order valence-electron chi connectivity index (χ0n) is 11.9. The summed E-state index contributed by atoms with van der Waals surface area (Å²) in [5.74, 6) is 3.38. The van der Waals surface area contributed by atoms with Gasteiger partial charge in [0.1, 0.15) is 5.75 Å². The molecule has 0 radical (unpaired) electrons. The maximum atomic E-state index is 6.55. The molecule has 1 fully saturated rings. The molecule has 3 atom stereocenters. The second kappa shape index (κ2) is 6.91. The first-order chi connectivity index (χ1) is 9.17. The third-order valence-corrected chi connectivity index (χ3v) is 7.06. The van der Waals surface area contributed by atoms with Crippen LogP contribution in [0.5, 0.6) is 5.75 Å². The lowest BCUT2D eigenvalue weighted by Gasteiger charge is -2.34. The van der Waals surface area contributed by atoms with Gasteiger partial charge in [-0.3, -0.25) is 0 Å². The van der Waals surface area contributed by atoms with E-state index in [0.717, 1.165) is 5.75 Å². The molecular weight excluding hydrogens is 274 g/mol. The topological polar surface area (TPSA) is 35.2 Å². The van der Waals surface area contributed by atoms with Crippen LogP contribution in [0.2, 0.25) is 0 Å². The molecule has 0 bridgehead atoms. The van der Waals surface area contributed by atoms with Crippen LogP contribution in [0.1, 0.15) is 30.5 Å². The summed E-state index contributed by atoms with van der Waals surface area (Å²) in [7, 11) is 1.70. The Balaban J connectivity index is 2.20. The minimum atomic E-state index is 0.119. The molecule has 0 spiro atoms. The van der Waals surface area contributed by atoms with E-state index in [2.05, 4.69) is 37.7 Å². The SMILES string of the molecule is CCC1SCCSC1C(N)c1ccc(OC)cc1C. The van der Waals surface area contributed by atoms with Gasteiger partial charge in [0.05, 0.1) is 7.11 Å². The minimum Gasteiger partial charge on any atom is -0.497 e. The van der Waals surface area contributed by atoms with Gasteiger partial charge in [-0.2, -0.15) is 23.5 Å². The summed E-state index contributed by atoms with van der Waals surface area (Å²) >= 11 is 4.12. The molecule has 1 aromatic rings. The fraction of sp³-hybridized carbons (Fsp3) is 0.600. The van der Waals surface area contributed by atoms with Crippen molar-refractivity contribution in [3.8, 4) is 5.75 Å². The molecule has 3 unspecified atom stereocenters. The van der Waals surface area contributed by atoms with Gasteiger partial charge < -0.3 is 10.5 Å². The van der Waals surface area contributed by atoms with Crippen molar-refractivity contribution < 1.29 is 4.74 Å². The number of hydrogen-bond donors (Lipinski definition) is 1. The van der Waals surface area contributed by atoms with Gasteiger partial charge in [-0.25, -0.2) is 0 Å². The van der Waals surface area contributed by atoms with Gasteiger partial charge in [-0.1, -0.05) is 13.0 Å². The lowest BCUT2D eigenvalue weighted by atomic mass is 9.96. The van der Waals surface area contributed by atoms with Crippen LogP contribution in [0.3, 0.4) is 0 Å². The van der Waals surface area contributed by atoms with E-state index in [0.29, 0.717) is 10.5 Å². The van der Waals surface area contributed by atoms with Crippen molar-refractivity contribution in [3.05, 3.63) is 29.3 Å². The molecule has 1 aliphatic heterocycles. The van der Waals surface area contributed by atoms with Crippen LogP contribution in [-0.4, -0.2) is 29.1 Å². The highest BCUT2D eigenvalue weighted by Gasteiger charge is 2.31. The van der Waals surface area contributed by atoms with E-state index in [9.17, 15) is 0 Å². The number of hydrogen-bond acceptors (Lipinski definition) is 4. The fourth-order valence-electron chi connectivity index (χ4n) is 2.60. The van der Waals surface area contributed by atoms with Crippen molar-refractivity contribution in [1.82, 2.24) is 0 Å². The Hall–Kier alpha value is -0.320. The number of thioether (sulfide) groups is 2. The number of nitrogens with two attached hydrogens (primary N) is 1. The number of benzene rings is 1. The van der Waals surface area contributed by atoms with E-state index < -0.39 is 0 Å². The molecule has 2 nitrogen and oxygen atoms in total. The largest absolute Gasteiger partial charge is 0.497 e. The van der Waals surface area contributed by atoms with Gasteiger partial charge in [0.25, 0.3) is 0 Å². The van der Waals surface area contributed by atoms with E-state index in [1.165, 1.54) is 29.1 Å². The van der Waals surface area contributed by atoms with E-state index in [1.807, 2.05) is 17.8 Å². The molecule has 0 amide bonds. The second-order valence-corrected chi connectivity index (χ2v) is 7.53. The molecule has 19 heavy (non-hydrogen) atoms. The lowest BCUT2D eigenvalue weighted by molar-refractivity contribution is 0.414. The number of methoxy groups -OCH3 is 1. The van der Waals surface area contributed by atoms with Crippen LogP contribution in [0, 0.1) is 6.92 Å². The Kier molecular flexibility index (Phi) is 5.48. The van der Waals surface area contributed by atoms with Crippen LogP contribution >= 0.6 is 23.5 Å². The third kappa shape index (κ3) is 3.41. The van der Waals surface area contributed by atoms with Gasteiger partial charge in [0.2, 0.25) is 0 Å². The average Bonchev–Trinajstić information content (AvgIpc) is 2.46. The van der Waals surface area contributed by atoms with Gasteiger partial charge >= 0.3 is 0 Å². The Morgan fingerprint density at radius 2 is 2.11 bits per heavy atom. The zero-order valence-corrected chi connectivity index (χ0v) is 13.5. The molecule has 0 saturated carbocycles. The van der Waals surface area contributed by atoms with Crippen molar-refractivity contribution in [2.45, 2.75) is 36.8 Å². The van der Waals surface area contributed by atoms with Gasteiger partial charge in [0, 0.05) is 28.0 Å². The zero-order chi connectivity index (χ0) is 13.8. The Morgan fingerprint density at radius 1 is 1.37 bits per heavy atom. The highest BCUT2D eigenvalue weighted by Crippen LogP contribution is 2.40. The molecule has 0 aliphatic carbocycles. The highest BCUT2D eigenvalue weighted by atomic mass is 32.2. The first-order valence-corrected chi connectivity index (χ1v) is 8.90. The molecule has 1 aromatic carbocycles. The molecular formula is C15H23NOS2. The molecule has 1 saturated heterocycles. The summed E-state index contributed by atoms with van der Waals surface area (Å²) in [5, 5.41) is 1.20. The summed E-state index contributed by atoms with van der Waals surface area (Å²) in [6.07, 6.45) is 1.20. The maximum absolute atomic E-state index is 6.55. The molecule has 1 heterocycles. The van der Waals surface area contributed by atoms with Crippen molar-refractivity contribution in [3.63, 3.8) is 0 Å². The van der Waals surface area contributed by atoms with Crippen LogP contribution in [-0.2, 0) is 0 Å². The minimum absolute atomic E-state index is 0.119. The van der Waals surface area contributed by atoms with Gasteiger partial charge in [-0.15, -0.1) is 0 Å². The van der Waals surface area contributed by atoms with E-state index in [-0.39, 0.29) is 6.04 Å². The smallest absolute Gasteiger partial charge is 0.119 e. The standard InChI is InChI=1S/C15H23NOS2/c1-4-13-15(19-8-7-18-13)14(16)12-6-5-11(17-3)9-10(12)2/h5-6,9,13-15H,4,7-8,16H2,1-3H3. The van der Waals surface area contributed by atoms with Gasteiger partial charge in [0.15, 0.2) is 0 Å². The highest BCUT2D eigenvalue weighted by molar-refractivity contribution is 8.07. The summed E-state index contributed by atoms with van der Waals surface area (Å²) in [4.78, 5) is 0. The quantitative estimate of drug-likeness (QED) is 0.920. The van der Waals surface area contributed by atoms with E-state index >= 15 is 0 Å². The van der Waals surface area contributed by atoms with Crippen LogP contribution in [0.25, 0.3) is 0 Å². The monoisotopic (exact) mass is 297 g/mol. The van der Waals surface area contributed by atoms with Gasteiger partial charge in [-0.05, 0) is 36.6 Å². The van der Waals surface area contributed by atoms with Crippen LogP contribution in [0.4, 0.5) is 0 Å². The number of aryl methyl sites for hydroxylation is 1. The third-order valence-electron chi connectivity index (χ3n) is 3.68. The molecule has 1 aliphatic rings. The van der Waals surface area contributed by atoms with E-state index in [1.54, 1.807) is 7.11 Å². The number of rotatable bonds is 4. The first kappa shape index (κ1) is 15.1. The van der Waals surface area contributed by atoms with Crippen molar-refractivity contribution in [1.29, 1.82) is 0 Å². The average molecular weight is 297 g/mol. The predicted octanol–water partition coefficient (Wildman–Crippen LogP) is 3.63. The lowest BCUT2D eigenvalue weighted by Crippen LogP contribution is -2.35. The molecule has 2 rings (SSSR count). The van der Waals surface area contributed by atoms with Crippen molar-refractivity contribution in [2.75, 3.05) is 18.6 Å². The molecule has 106 valence electrons. The summed E-state index contributed by atoms with van der Waals surface area (Å²) in [6, 6.07) is 6.35. The molecule has 0 aromatic heterocycles. The Bertz CT molecular complexity index is 425. The van der Waals surface area contributed by atoms with Crippen molar-refractivity contribution in [2.24, 2.45) is 5.73 Å². The van der Waals surface area contributed by atoms with Crippen LogP contribution in [0.15, 0.2) is 18.2 Å². The second-order valence-electron chi connectivity index (χ2n) is 4.90. The maximum Gasteiger partial charge on any atom is 0.119 e. The normalized spacial score (nSPS) is 25.1. The fourth-order valence-corrected chi connectivity index (χ4v) is 5.77. The molecule has 2 N–H and O–H groups in total. The molecule has 4 heteroatoms. The first-order valence-electron chi connectivity index (χ1n) is 6.80. The van der Waals surface area contributed by atoms with E-state index in [4.69, 9.17) is 10.5 Å². The number of ether oxygens (including phenoxy) is 1. The van der Waals surface area contributed by atoms with Crippen molar-refractivity contribution >= 4 is 23.5 Å². The summed E-state index contributed by atoms with van der Waals surface area (Å²) in [6.45, 7) is 4.39. The van der Waals surface area contributed by atoms with Crippen LogP contribution < -0.4 is 10.5 Å².